The maximum atomic E-state index is 12.0. The second-order valence-corrected chi connectivity index (χ2v) is 12.7. The van der Waals surface area contributed by atoms with Crippen LogP contribution in [0, 0.1) is 6.92 Å². The minimum atomic E-state index is -1.17. The molecule has 0 radical (unpaired) electrons. The average Bonchev–Trinajstić information content (AvgIpc) is 3.55. The molecule has 2 heterocycles. The number of aliphatic carboxylic acids is 1. The monoisotopic (exact) mass is 656 g/mol. The summed E-state index contributed by atoms with van der Waals surface area (Å²) in [4.78, 5) is 34.3. The fourth-order valence-corrected chi connectivity index (χ4v) is 6.40. The van der Waals surface area contributed by atoms with Gasteiger partial charge in [-0.25, -0.2) is 9.78 Å². The van der Waals surface area contributed by atoms with E-state index in [9.17, 15) is 14.7 Å². The largest absolute Gasteiger partial charge is 0.481 e. The van der Waals surface area contributed by atoms with E-state index in [1.165, 1.54) is 22.9 Å². The van der Waals surface area contributed by atoms with Crippen LogP contribution in [0.15, 0.2) is 115 Å². The van der Waals surface area contributed by atoms with Gasteiger partial charge in [0.1, 0.15) is 0 Å². The molecule has 1 aliphatic rings. The quantitative estimate of drug-likeness (QED) is 0.117. The molecule has 0 saturated heterocycles. The third kappa shape index (κ3) is 9.61. The normalized spacial score (nSPS) is 14.7. The first-order chi connectivity index (χ1) is 23.7. The Labute approximate surface area is 288 Å². The summed E-state index contributed by atoms with van der Waals surface area (Å²) in [7, 11) is 0. The highest BCUT2D eigenvalue weighted by Crippen LogP contribution is 2.36. The van der Waals surface area contributed by atoms with Crippen LogP contribution in [0.5, 0.6) is 0 Å². The molecule has 0 bridgehead atoms. The zero-order valence-electron chi connectivity index (χ0n) is 28.1. The highest BCUT2D eigenvalue weighted by molar-refractivity contribution is 5.94. The van der Waals surface area contributed by atoms with Gasteiger partial charge in [-0.2, -0.15) is 0 Å². The second kappa shape index (κ2) is 16.7. The van der Waals surface area contributed by atoms with Crippen molar-refractivity contribution in [1.29, 1.82) is 0 Å². The Kier molecular flexibility index (Phi) is 11.9. The molecule has 1 saturated carbocycles. The molecule has 0 aliphatic heterocycles. The SMILES string of the molecule is C=C(/C=C1/CCC/C1=C(/N)c1cnc(-c2cc(CCC(=O)O)cnc2C(=O)O)c(C)c1)CCCN(Cc1ccccc1)Cc1ccccc1. The van der Waals surface area contributed by atoms with Gasteiger partial charge in [-0.3, -0.25) is 14.7 Å². The minimum absolute atomic E-state index is 0.0772. The van der Waals surface area contributed by atoms with Crippen LogP contribution in [-0.2, 0) is 24.3 Å². The Morgan fingerprint density at radius 3 is 2.18 bits per heavy atom. The molecule has 4 aromatic rings. The lowest BCUT2D eigenvalue weighted by atomic mass is 9.97. The van der Waals surface area contributed by atoms with E-state index in [2.05, 4.69) is 88.2 Å². The molecule has 0 amide bonds. The molecule has 5 rings (SSSR count). The molecule has 252 valence electrons. The number of hydrogen-bond donors (Lipinski definition) is 3. The summed E-state index contributed by atoms with van der Waals surface area (Å²) in [6, 6.07) is 24.8. The smallest absolute Gasteiger partial charge is 0.355 e. The van der Waals surface area contributed by atoms with Crippen LogP contribution < -0.4 is 5.73 Å². The number of aromatic carboxylic acids is 1. The summed E-state index contributed by atoms with van der Waals surface area (Å²) in [5, 5.41) is 18.9. The number of rotatable bonds is 15. The standard InChI is InChI=1S/C41H44N4O4/c1-28(11-10-20-45(26-30-12-5-3-6-13-30)27-31-14-7-4-8-15-31)21-33-16-9-17-35(33)38(42)34-22-29(2)39(44-25-34)36-23-32(18-19-37(46)47)24-43-40(36)41(48)49/h3-8,12-15,21-25H,1,9-11,16-20,26-27,42H2,2H3,(H,46,47)(H,48,49)/b33-21-,38-35-. The van der Waals surface area contributed by atoms with Crippen molar-refractivity contribution in [3.05, 3.63) is 148 Å². The Morgan fingerprint density at radius 2 is 1.57 bits per heavy atom. The summed E-state index contributed by atoms with van der Waals surface area (Å²) in [6.07, 6.45) is 10.2. The molecule has 1 fully saturated rings. The summed E-state index contributed by atoms with van der Waals surface area (Å²) < 4.78 is 0. The highest BCUT2D eigenvalue weighted by Gasteiger charge is 2.21. The van der Waals surface area contributed by atoms with Crippen molar-refractivity contribution < 1.29 is 19.8 Å². The summed E-state index contributed by atoms with van der Waals surface area (Å²) >= 11 is 0. The maximum Gasteiger partial charge on any atom is 0.355 e. The molecule has 49 heavy (non-hydrogen) atoms. The average molecular weight is 657 g/mol. The highest BCUT2D eigenvalue weighted by atomic mass is 16.4. The van der Waals surface area contributed by atoms with E-state index in [0.717, 1.165) is 74.0 Å². The number of carboxylic acids is 2. The summed E-state index contributed by atoms with van der Waals surface area (Å²) in [6.45, 7) is 9.01. The Bertz CT molecular complexity index is 1820. The number of pyridine rings is 2. The third-order valence-corrected chi connectivity index (χ3v) is 8.85. The minimum Gasteiger partial charge on any atom is -0.481 e. The van der Waals surface area contributed by atoms with Crippen molar-refractivity contribution in [2.75, 3.05) is 6.54 Å². The van der Waals surface area contributed by atoms with Crippen molar-refractivity contribution in [3.8, 4) is 11.3 Å². The van der Waals surface area contributed by atoms with Crippen LogP contribution in [0.2, 0.25) is 0 Å². The molecule has 8 heteroatoms. The third-order valence-electron chi connectivity index (χ3n) is 8.85. The molecule has 4 N–H and O–H groups in total. The van der Waals surface area contributed by atoms with Gasteiger partial charge in [-0.1, -0.05) is 78.9 Å². The van der Waals surface area contributed by atoms with Crippen molar-refractivity contribution in [3.63, 3.8) is 0 Å². The molecule has 2 aromatic carbocycles. The van der Waals surface area contributed by atoms with Gasteiger partial charge in [0.15, 0.2) is 5.69 Å². The Hall–Kier alpha value is -5.34. The molecular formula is C41H44N4O4. The van der Waals surface area contributed by atoms with E-state index in [-0.39, 0.29) is 18.5 Å². The lowest BCUT2D eigenvalue weighted by molar-refractivity contribution is -0.136. The molecule has 1 aliphatic carbocycles. The van der Waals surface area contributed by atoms with Crippen LogP contribution in [0.3, 0.4) is 0 Å². The number of allylic oxidation sites excluding steroid dienone is 4. The number of aromatic nitrogens is 2. The fourth-order valence-electron chi connectivity index (χ4n) is 6.40. The number of benzene rings is 2. The molecule has 2 aromatic heterocycles. The first kappa shape index (κ1) is 35.0. The van der Waals surface area contributed by atoms with Crippen molar-refractivity contribution in [2.24, 2.45) is 5.73 Å². The lowest BCUT2D eigenvalue weighted by Crippen LogP contribution is -2.24. The number of carbonyl (C=O) groups is 2. The number of hydrogen-bond acceptors (Lipinski definition) is 6. The molecule has 0 atom stereocenters. The predicted octanol–water partition coefficient (Wildman–Crippen LogP) is 7.99. The summed E-state index contributed by atoms with van der Waals surface area (Å²) in [5.41, 5.74) is 16.3. The van der Waals surface area contributed by atoms with Gasteiger partial charge in [0.05, 0.1) is 5.69 Å². The Morgan fingerprint density at radius 1 is 0.898 bits per heavy atom. The lowest BCUT2D eigenvalue weighted by Gasteiger charge is -2.23. The Balaban J connectivity index is 1.29. The van der Waals surface area contributed by atoms with Crippen LogP contribution in [0.1, 0.15) is 76.8 Å². The van der Waals surface area contributed by atoms with Crippen LogP contribution in [0.25, 0.3) is 17.0 Å². The predicted molar refractivity (Wildman–Crippen MR) is 194 cm³/mol. The van der Waals surface area contributed by atoms with E-state index in [4.69, 9.17) is 10.8 Å². The van der Waals surface area contributed by atoms with Gasteiger partial charge in [-0.15, -0.1) is 0 Å². The van der Waals surface area contributed by atoms with E-state index in [1.807, 2.05) is 13.0 Å². The zero-order chi connectivity index (χ0) is 34.8. The number of nitrogens with two attached hydrogens (primary N) is 1. The van der Waals surface area contributed by atoms with Gasteiger partial charge < -0.3 is 15.9 Å². The number of carboxylic acid groups (broad SMARTS) is 2. The van der Waals surface area contributed by atoms with E-state index < -0.39 is 11.9 Å². The van der Waals surface area contributed by atoms with Gasteiger partial charge in [0, 0.05) is 48.7 Å². The van der Waals surface area contributed by atoms with Crippen LogP contribution in [0.4, 0.5) is 0 Å². The van der Waals surface area contributed by atoms with Crippen molar-refractivity contribution >= 4 is 17.6 Å². The number of aryl methyl sites for hydroxylation is 2. The van der Waals surface area contributed by atoms with Crippen LogP contribution in [-0.4, -0.2) is 43.6 Å². The van der Waals surface area contributed by atoms with Crippen molar-refractivity contribution in [2.45, 2.75) is 65.0 Å². The fraction of sp³-hybridized carbons (Fsp3) is 0.268. The van der Waals surface area contributed by atoms with Gasteiger partial charge in [0.2, 0.25) is 0 Å². The van der Waals surface area contributed by atoms with E-state index in [0.29, 0.717) is 22.5 Å². The first-order valence-electron chi connectivity index (χ1n) is 16.8. The first-order valence-corrected chi connectivity index (χ1v) is 16.8. The second-order valence-electron chi connectivity index (χ2n) is 12.7. The maximum absolute atomic E-state index is 12.0. The zero-order valence-corrected chi connectivity index (χ0v) is 28.1. The van der Waals surface area contributed by atoms with E-state index >= 15 is 0 Å². The molecule has 8 nitrogen and oxygen atoms in total. The number of nitrogens with zero attached hydrogens (tertiary/aromatic N) is 3. The molecular weight excluding hydrogens is 612 g/mol. The van der Waals surface area contributed by atoms with Crippen LogP contribution >= 0.6 is 0 Å². The molecule has 0 spiro atoms. The van der Waals surface area contributed by atoms with E-state index in [1.54, 1.807) is 12.3 Å². The van der Waals surface area contributed by atoms with Gasteiger partial charge >= 0.3 is 11.9 Å². The van der Waals surface area contributed by atoms with Crippen molar-refractivity contribution in [1.82, 2.24) is 14.9 Å². The van der Waals surface area contributed by atoms with Gasteiger partial charge in [0.25, 0.3) is 0 Å². The molecule has 0 unspecified atom stereocenters. The topological polar surface area (TPSA) is 130 Å². The summed E-state index contributed by atoms with van der Waals surface area (Å²) in [5.74, 6) is -2.10. The van der Waals surface area contributed by atoms with Gasteiger partial charge in [-0.05, 0) is 97.5 Å².